The molecule has 0 atom stereocenters. The van der Waals surface area contributed by atoms with E-state index in [9.17, 15) is 14.9 Å². The van der Waals surface area contributed by atoms with Gasteiger partial charge in [-0.1, -0.05) is 11.6 Å². The molecule has 0 bridgehead atoms. The summed E-state index contributed by atoms with van der Waals surface area (Å²) in [6, 6.07) is 9.14. The van der Waals surface area contributed by atoms with E-state index in [4.69, 9.17) is 16.3 Å². The maximum Gasteiger partial charge on any atom is 0.275 e. The van der Waals surface area contributed by atoms with Crippen LogP contribution in [0.3, 0.4) is 0 Å². The van der Waals surface area contributed by atoms with Crippen LogP contribution in [0.25, 0.3) is 0 Å². The summed E-state index contributed by atoms with van der Waals surface area (Å²) in [6.07, 6.45) is 0. The third kappa shape index (κ3) is 4.98. The standard InChI is InChI=1S/C20H18BrClN4O4/c1-11-6-16(4-5-18(11)22)30-17-8-14(7-15(9-17)26(28)29)23-19(27)10-25-13(3)20(21)12(2)24-25/h4-9H,10H2,1-3H3,(H,23,27). The van der Waals surface area contributed by atoms with Crippen LogP contribution >= 0.6 is 27.5 Å². The predicted octanol–water partition coefficient (Wildman–Crippen LogP) is 5.56. The summed E-state index contributed by atoms with van der Waals surface area (Å²) < 4.78 is 8.13. The number of nitrogens with zero attached hydrogens (tertiary/aromatic N) is 3. The number of hydrogen-bond donors (Lipinski definition) is 1. The number of carbonyl (C=O) groups excluding carboxylic acids is 1. The Labute approximate surface area is 186 Å². The van der Waals surface area contributed by atoms with Crippen molar-refractivity contribution >= 4 is 44.8 Å². The Morgan fingerprint density at radius 3 is 2.57 bits per heavy atom. The van der Waals surface area contributed by atoms with Gasteiger partial charge in [0.25, 0.3) is 5.69 Å². The lowest BCUT2D eigenvalue weighted by atomic mass is 10.2. The van der Waals surface area contributed by atoms with Crippen LogP contribution in [0, 0.1) is 30.9 Å². The molecule has 0 radical (unpaired) electrons. The second-order valence-electron chi connectivity index (χ2n) is 6.68. The largest absolute Gasteiger partial charge is 0.457 e. The molecule has 156 valence electrons. The van der Waals surface area contributed by atoms with Gasteiger partial charge in [0, 0.05) is 17.2 Å². The van der Waals surface area contributed by atoms with Crippen LogP contribution < -0.4 is 10.1 Å². The second kappa shape index (κ2) is 8.85. The van der Waals surface area contributed by atoms with E-state index in [0.717, 1.165) is 21.4 Å². The number of non-ortho nitro benzene ring substituents is 1. The van der Waals surface area contributed by atoms with Crippen LogP contribution in [0.15, 0.2) is 40.9 Å². The minimum Gasteiger partial charge on any atom is -0.457 e. The van der Waals surface area contributed by atoms with Crippen LogP contribution in [-0.2, 0) is 11.3 Å². The fraction of sp³-hybridized carbons (Fsp3) is 0.200. The first kappa shape index (κ1) is 21.8. The fourth-order valence-corrected chi connectivity index (χ4v) is 3.20. The van der Waals surface area contributed by atoms with Crippen molar-refractivity contribution in [2.75, 3.05) is 5.32 Å². The molecular weight excluding hydrogens is 476 g/mol. The molecule has 1 N–H and O–H groups in total. The number of aryl methyl sites for hydroxylation is 2. The molecule has 8 nitrogen and oxygen atoms in total. The maximum absolute atomic E-state index is 12.5. The summed E-state index contributed by atoms with van der Waals surface area (Å²) in [5.41, 5.74) is 2.43. The van der Waals surface area contributed by atoms with E-state index in [1.54, 1.807) is 22.9 Å². The third-order valence-corrected chi connectivity index (χ3v) is 5.91. The van der Waals surface area contributed by atoms with Gasteiger partial charge in [-0.15, -0.1) is 0 Å². The Hall–Kier alpha value is -2.91. The first-order valence-corrected chi connectivity index (χ1v) is 10.0. The van der Waals surface area contributed by atoms with Gasteiger partial charge < -0.3 is 10.1 Å². The van der Waals surface area contributed by atoms with Crippen LogP contribution in [0.1, 0.15) is 17.0 Å². The number of ether oxygens (including phenoxy) is 1. The molecule has 1 heterocycles. The zero-order valence-corrected chi connectivity index (χ0v) is 18.7. The molecule has 0 fully saturated rings. The van der Waals surface area contributed by atoms with Gasteiger partial charge in [-0.2, -0.15) is 5.10 Å². The number of aromatic nitrogens is 2. The minimum absolute atomic E-state index is 0.0342. The van der Waals surface area contributed by atoms with Crippen molar-refractivity contribution in [2.24, 2.45) is 0 Å². The Morgan fingerprint density at radius 1 is 1.23 bits per heavy atom. The molecule has 0 aliphatic rings. The van der Waals surface area contributed by atoms with E-state index >= 15 is 0 Å². The van der Waals surface area contributed by atoms with Gasteiger partial charge >= 0.3 is 0 Å². The molecule has 2 aromatic carbocycles. The van der Waals surface area contributed by atoms with Crippen LogP contribution in [-0.4, -0.2) is 20.6 Å². The second-order valence-corrected chi connectivity index (χ2v) is 7.88. The highest BCUT2D eigenvalue weighted by molar-refractivity contribution is 9.10. The Bertz CT molecular complexity index is 1150. The lowest BCUT2D eigenvalue weighted by Crippen LogP contribution is -2.20. The highest BCUT2D eigenvalue weighted by Gasteiger charge is 2.16. The lowest BCUT2D eigenvalue weighted by molar-refractivity contribution is -0.384. The number of halogens is 2. The van der Waals surface area contributed by atoms with Crippen molar-refractivity contribution in [2.45, 2.75) is 27.3 Å². The predicted molar refractivity (Wildman–Crippen MR) is 117 cm³/mol. The highest BCUT2D eigenvalue weighted by atomic mass is 79.9. The summed E-state index contributed by atoms with van der Waals surface area (Å²) in [4.78, 5) is 23.2. The number of amides is 1. The van der Waals surface area contributed by atoms with E-state index in [1.807, 2.05) is 20.8 Å². The van der Waals surface area contributed by atoms with Crippen LogP contribution in [0.5, 0.6) is 11.5 Å². The molecule has 0 saturated carbocycles. The van der Waals surface area contributed by atoms with Crippen molar-refractivity contribution in [3.8, 4) is 11.5 Å². The SMILES string of the molecule is Cc1cc(Oc2cc(NC(=O)Cn3nc(C)c(Br)c3C)cc([N+](=O)[O-])c2)ccc1Cl. The van der Waals surface area contributed by atoms with Gasteiger partial charge in [-0.05, 0) is 60.5 Å². The molecule has 0 unspecified atom stereocenters. The summed E-state index contributed by atoms with van der Waals surface area (Å²) in [7, 11) is 0. The average molecular weight is 494 g/mol. The van der Waals surface area contributed by atoms with Crippen molar-refractivity contribution in [1.29, 1.82) is 0 Å². The number of anilines is 1. The molecule has 1 aromatic heterocycles. The highest BCUT2D eigenvalue weighted by Crippen LogP contribution is 2.31. The number of nitro benzene ring substituents is 1. The van der Waals surface area contributed by atoms with Gasteiger partial charge in [-0.3, -0.25) is 19.6 Å². The number of rotatable bonds is 6. The number of nitrogens with one attached hydrogen (secondary N) is 1. The molecule has 10 heteroatoms. The first-order chi connectivity index (χ1) is 14.1. The molecule has 0 aliphatic heterocycles. The monoisotopic (exact) mass is 492 g/mol. The summed E-state index contributed by atoms with van der Waals surface area (Å²) in [5.74, 6) is 0.319. The zero-order chi connectivity index (χ0) is 22.0. The quantitative estimate of drug-likeness (QED) is 0.358. The van der Waals surface area contributed by atoms with Gasteiger partial charge in [0.15, 0.2) is 0 Å². The Balaban J connectivity index is 1.83. The molecule has 30 heavy (non-hydrogen) atoms. The molecule has 0 saturated heterocycles. The van der Waals surface area contributed by atoms with E-state index < -0.39 is 4.92 Å². The number of nitro groups is 1. The maximum atomic E-state index is 12.5. The summed E-state index contributed by atoms with van der Waals surface area (Å²) in [5, 5.41) is 18.9. The molecule has 3 aromatic rings. The van der Waals surface area contributed by atoms with E-state index in [0.29, 0.717) is 10.8 Å². The topological polar surface area (TPSA) is 99.3 Å². The van der Waals surface area contributed by atoms with Crippen molar-refractivity contribution in [3.05, 3.63) is 73.0 Å². The van der Waals surface area contributed by atoms with E-state index in [1.165, 1.54) is 18.2 Å². The molecule has 1 amide bonds. The molecule has 3 rings (SSSR count). The average Bonchev–Trinajstić information content (AvgIpc) is 2.91. The van der Waals surface area contributed by atoms with Gasteiger partial charge in [0.1, 0.15) is 18.0 Å². The third-order valence-electron chi connectivity index (χ3n) is 4.34. The van der Waals surface area contributed by atoms with Gasteiger partial charge in [0.05, 0.1) is 32.5 Å². The molecule has 0 spiro atoms. The van der Waals surface area contributed by atoms with E-state index in [-0.39, 0.29) is 29.6 Å². The zero-order valence-electron chi connectivity index (χ0n) is 16.4. The smallest absolute Gasteiger partial charge is 0.275 e. The van der Waals surface area contributed by atoms with Crippen molar-refractivity contribution in [3.63, 3.8) is 0 Å². The fourth-order valence-electron chi connectivity index (χ4n) is 2.80. The number of hydrogen-bond acceptors (Lipinski definition) is 5. The minimum atomic E-state index is -0.548. The molecular formula is C20H18BrClN4O4. The van der Waals surface area contributed by atoms with E-state index in [2.05, 4.69) is 26.3 Å². The van der Waals surface area contributed by atoms with Crippen molar-refractivity contribution < 1.29 is 14.5 Å². The summed E-state index contributed by atoms with van der Waals surface area (Å²) in [6.45, 7) is 5.46. The normalized spacial score (nSPS) is 10.7. The molecule has 0 aliphatic carbocycles. The number of benzene rings is 2. The Kier molecular flexibility index (Phi) is 6.42. The van der Waals surface area contributed by atoms with Crippen LogP contribution in [0.4, 0.5) is 11.4 Å². The van der Waals surface area contributed by atoms with Crippen molar-refractivity contribution in [1.82, 2.24) is 9.78 Å². The summed E-state index contributed by atoms with van der Waals surface area (Å²) >= 11 is 9.44. The van der Waals surface area contributed by atoms with Crippen LogP contribution in [0.2, 0.25) is 5.02 Å². The lowest BCUT2D eigenvalue weighted by Gasteiger charge is -2.11. The number of carbonyl (C=O) groups is 1. The van der Waals surface area contributed by atoms with Gasteiger partial charge in [-0.25, -0.2) is 0 Å². The van der Waals surface area contributed by atoms with Gasteiger partial charge in [0.2, 0.25) is 5.91 Å². The Morgan fingerprint density at radius 2 is 1.97 bits per heavy atom. The first-order valence-electron chi connectivity index (χ1n) is 8.87.